The number of hydrogen-bond acceptors (Lipinski definition) is 3. The SMILES string of the molecule is CC(C(=O)O)N(C)S(=O)(=O)c1cc(Br)ccc1Cl. The minimum Gasteiger partial charge on any atom is -0.480 e. The summed E-state index contributed by atoms with van der Waals surface area (Å²) in [7, 11) is -2.75. The Hall–Kier alpha value is -0.630. The molecular formula is C10H11BrClNO4S. The van der Waals surface area contributed by atoms with E-state index < -0.39 is 22.0 Å². The third-order valence-corrected chi connectivity index (χ3v) is 5.36. The first kappa shape index (κ1) is 15.4. The number of hydrogen-bond donors (Lipinski definition) is 1. The van der Waals surface area contributed by atoms with E-state index >= 15 is 0 Å². The lowest BCUT2D eigenvalue weighted by Gasteiger charge is -2.21. The Balaban J connectivity index is 3.29. The summed E-state index contributed by atoms with van der Waals surface area (Å²) in [6.07, 6.45) is 0. The maximum Gasteiger partial charge on any atom is 0.321 e. The topological polar surface area (TPSA) is 74.7 Å². The second-order valence-electron chi connectivity index (χ2n) is 3.61. The molecule has 0 bridgehead atoms. The molecule has 1 atom stereocenters. The van der Waals surface area contributed by atoms with Crippen LogP contribution in [0.5, 0.6) is 0 Å². The Morgan fingerprint density at radius 3 is 2.56 bits per heavy atom. The van der Waals surface area contributed by atoms with Crippen LogP contribution in [0.15, 0.2) is 27.6 Å². The van der Waals surface area contributed by atoms with Gasteiger partial charge in [-0.25, -0.2) is 8.42 Å². The van der Waals surface area contributed by atoms with Crippen LogP contribution in [0.1, 0.15) is 6.92 Å². The lowest BCUT2D eigenvalue weighted by Crippen LogP contribution is -2.40. The summed E-state index contributed by atoms with van der Waals surface area (Å²) in [5.74, 6) is -1.23. The van der Waals surface area contributed by atoms with Gasteiger partial charge in [0.05, 0.1) is 5.02 Å². The summed E-state index contributed by atoms with van der Waals surface area (Å²) in [6, 6.07) is 3.19. The largest absolute Gasteiger partial charge is 0.480 e. The summed E-state index contributed by atoms with van der Waals surface area (Å²) in [4.78, 5) is 10.7. The van der Waals surface area contributed by atoms with Crippen molar-refractivity contribution in [3.8, 4) is 0 Å². The second kappa shape index (κ2) is 5.56. The lowest BCUT2D eigenvalue weighted by atomic mass is 10.4. The first-order valence-electron chi connectivity index (χ1n) is 4.84. The number of carboxylic acids is 1. The molecule has 5 nitrogen and oxygen atoms in total. The van der Waals surface area contributed by atoms with Gasteiger partial charge in [0, 0.05) is 11.5 Å². The molecule has 0 spiro atoms. The molecule has 0 saturated carbocycles. The van der Waals surface area contributed by atoms with E-state index in [2.05, 4.69) is 15.9 Å². The summed E-state index contributed by atoms with van der Waals surface area (Å²) in [5, 5.41) is 8.88. The molecule has 1 aromatic rings. The van der Waals surface area contributed by atoms with Crippen LogP contribution in [-0.2, 0) is 14.8 Å². The maximum absolute atomic E-state index is 12.2. The number of halogens is 2. The number of rotatable bonds is 4. The third kappa shape index (κ3) is 3.03. The Bertz CT molecular complexity index is 575. The summed E-state index contributed by atoms with van der Waals surface area (Å²) < 4.78 is 25.7. The number of benzene rings is 1. The number of carbonyl (C=O) groups is 1. The third-order valence-electron chi connectivity index (χ3n) is 2.45. The van der Waals surface area contributed by atoms with Crippen LogP contribution in [0.25, 0.3) is 0 Å². The molecule has 0 heterocycles. The van der Waals surface area contributed by atoms with E-state index in [1.165, 1.54) is 26.1 Å². The van der Waals surface area contributed by atoms with Crippen LogP contribution >= 0.6 is 27.5 Å². The van der Waals surface area contributed by atoms with Gasteiger partial charge in [0.2, 0.25) is 10.0 Å². The predicted octanol–water partition coefficient (Wildman–Crippen LogP) is 2.20. The monoisotopic (exact) mass is 355 g/mol. The molecule has 0 aliphatic rings. The zero-order chi connectivity index (χ0) is 14.1. The van der Waals surface area contributed by atoms with Crippen molar-refractivity contribution in [1.82, 2.24) is 4.31 Å². The molecule has 18 heavy (non-hydrogen) atoms. The predicted molar refractivity (Wildman–Crippen MR) is 71.2 cm³/mol. The van der Waals surface area contributed by atoms with Gasteiger partial charge in [-0.3, -0.25) is 4.79 Å². The quantitative estimate of drug-likeness (QED) is 0.897. The average Bonchev–Trinajstić information content (AvgIpc) is 2.29. The zero-order valence-electron chi connectivity index (χ0n) is 9.59. The van der Waals surface area contributed by atoms with Crippen molar-refractivity contribution in [1.29, 1.82) is 0 Å². The van der Waals surface area contributed by atoms with Crippen LogP contribution in [0.2, 0.25) is 5.02 Å². The number of aliphatic carboxylic acids is 1. The average molecular weight is 357 g/mol. The standard InChI is InChI=1S/C10H11BrClNO4S/c1-6(10(14)15)13(2)18(16,17)9-5-7(11)3-4-8(9)12/h3-6H,1-2H3,(H,14,15). The van der Waals surface area contributed by atoms with Crippen LogP contribution in [-0.4, -0.2) is 36.9 Å². The summed E-state index contributed by atoms with van der Waals surface area (Å²) in [6.45, 7) is 1.28. The Morgan fingerprint density at radius 2 is 2.06 bits per heavy atom. The molecule has 0 radical (unpaired) electrons. The van der Waals surface area contributed by atoms with Crippen LogP contribution < -0.4 is 0 Å². The molecule has 0 fully saturated rings. The molecule has 0 aliphatic heterocycles. The number of sulfonamides is 1. The highest BCUT2D eigenvalue weighted by atomic mass is 79.9. The van der Waals surface area contributed by atoms with Crippen LogP contribution in [0, 0.1) is 0 Å². The molecule has 100 valence electrons. The van der Waals surface area contributed by atoms with Gasteiger partial charge in [0.1, 0.15) is 10.9 Å². The van der Waals surface area contributed by atoms with Gasteiger partial charge in [-0.2, -0.15) is 4.31 Å². The Morgan fingerprint density at radius 1 is 1.50 bits per heavy atom. The highest BCUT2D eigenvalue weighted by Gasteiger charge is 2.31. The lowest BCUT2D eigenvalue weighted by molar-refractivity contribution is -0.140. The number of carboxylic acid groups (broad SMARTS) is 1. The molecule has 8 heteroatoms. The molecule has 0 aliphatic carbocycles. The minimum atomic E-state index is -3.95. The highest BCUT2D eigenvalue weighted by Crippen LogP contribution is 2.28. The van der Waals surface area contributed by atoms with Gasteiger partial charge in [-0.15, -0.1) is 0 Å². The first-order chi connectivity index (χ1) is 8.17. The summed E-state index contributed by atoms with van der Waals surface area (Å²) >= 11 is 8.98. The van der Waals surface area contributed by atoms with Crippen molar-refractivity contribution < 1.29 is 18.3 Å². The first-order valence-corrected chi connectivity index (χ1v) is 7.45. The van der Waals surface area contributed by atoms with Crippen molar-refractivity contribution >= 4 is 43.5 Å². The van der Waals surface area contributed by atoms with E-state index in [-0.39, 0.29) is 9.92 Å². The van der Waals surface area contributed by atoms with E-state index in [1.807, 2.05) is 0 Å². The van der Waals surface area contributed by atoms with E-state index in [0.29, 0.717) is 4.47 Å². The van der Waals surface area contributed by atoms with Crippen molar-refractivity contribution in [2.24, 2.45) is 0 Å². The van der Waals surface area contributed by atoms with Gasteiger partial charge >= 0.3 is 5.97 Å². The molecule has 1 N–H and O–H groups in total. The fourth-order valence-electron chi connectivity index (χ4n) is 1.19. The van der Waals surface area contributed by atoms with E-state index in [1.54, 1.807) is 6.07 Å². The fraction of sp³-hybridized carbons (Fsp3) is 0.300. The molecule has 1 aromatic carbocycles. The fourth-order valence-corrected chi connectivity index (χ4v) is 3.52. The van der Waals surface area contributed by atoms with Crippen molar-refractivity contribution in [2.45, 2.75) is 17.9 Å². The molecule has 0 aromatic heterocycles. The maximum atomic E-state index is 12.2. The smallest absolute Gasteiger partial charge is 0.321 e. The van der Waals surface area contributed by atoms with E-state index in [4.69, 9.17) is 16.7 Å². The molecule has 1 unspecified atom stereocenters. The van der Waals surface area contributed by atoms with Crippen LogP contribution in [0.4, 0.5) is 0 Å². The van der Waals surface area contributed by atoms with E-state index in [0.717, 1.165) is 4.31 Å². The second-order valence-corrected chi connectivity index (χ2v) is 6.90. The van der Waals surface area contributed by atoms with Crippen molar-refractivity contribution in [3.63, 3.8) is 0 Å². The van der Waals surface area contributed by atoms with Gasteiger partial charge < -0.3 is 5.11 Å². The van der Waals surface area contributed by atoms with E-state index in [9.17, 15) is 13.2 Å². The molecular weight excluding hydrogens is 346 g/mol. The Kier molecular flexibility index (Phi) is 4.77. The Labute approximate surface area is 119 Å². The molecule has 0 saturated heterocycles. The van der Waals surface area contributed by atoms with Gasteiger partial charge in [-0.05, 0) is 25.1 Å². The normalized spacial score (nSPS) is 13.6. The highest BCUT2D eigenvalue weighted by molar-refractivity contribution is 9.10. The van der Waals surface area contributed by atoms with Crippen molar-refractivity contribution in [2.75, 3.05) is 7.05 Å². The molecule has 0 amide bonds. The van der Waals surface area contributed by atoms with Crippen LogP contribution in [0.3, 0.4) is 0 Å². The summed E-state index contributed by atoms with van der Waals surface area (Å²) in [5.41, 5.74) is 0. The number of nitrogens with zero attached hydrogens (tertiary/aromatic N) is 1. The molecule has 1 rings (SSSR count). The van der Waals surface area contributed by atoms with Gasteiger partial charge in [0.15, 0.2) is 0 Å². The number of likely N-dealkylation sites (N-methyl/N-ethyl adjacent to an activating group) is 1. The minimum absolute atomic E-state index is 0.0441. The van der Waals surface area contributed by atoms with Gasteiger partial charge in [0.25, 0.3) is 0 Å². The van der Waals surface area contributed by atoms with Crippen molar-refractivity contribution in [3.05, 3.63) is 27.7 Å². The zero-order valence-corrected chi connectivity index (χ0v) is 12.8. The van der Waals surface area contributed by atoms with Gasteiger partial charge in [-0.1, -0.05) is 27.5 Å².